The maximum atomic E-state index is 13.6. The Hall–Kier alpha value is -3.72. The van der Waals surface area contributed by atoms with E-state index >= 15 is 0 Å². The molecule has 2 aliphatic rings. The molecule has 2 aliphatic heterocycles. The summed E-state index contributed by atoms with van der Waals surface area (Å²) in [6, 6.07) is 14.3. The lowest BCUT2D eigenvalue weighted by Crippen LogP contribution is -2.33. The van der Waals surface area contributed by atoms with Gasteiger partial charge in [-0.05, 0) is 56.4 Å². The normalized spacial score (nSPS) is 17.8. The van der Waals surface area contributed by atoms with Gasteiger partial charge in [0, 0.05) is 39.4 Å². The van der Waals surface area contributed by atoms with Crippen molar-refractivity contribution in [2.45, 2.75) is 67.7 Å². The second-order valence-electron chi connectivity index (χ2n) is 11.5. The summed E-state index contributed by atoms with van der Waals surface area (Å²) in [5, 5.41) is 7.66. The second kappa shape index (κ2) is 15.9. The van der Waals surface area contributed by atoms with Gasteiger partial charge in [0.05, 0.1) is 45.5 Å². The Balaban J connectivity index is 1.17. The van der Waals surface area contributed by atoms with E-state index in [1.807, 2.05) is 12.1 Å². The Morgan fingerprint density at radius 3 is 1.60 bits per heavy atom. The smallest absolute Gasteiger partial charge is 0.262 e. The molecule has 0 aliphatic carbocycles. The van der Waals surface area contributed by atoms with E-state index in [4.69, 9.17) is 19.4 Å². The molecule has 0 bridgehead atoms. The first-order chi connectivity index (χ1) is 23.0. The number of ether oxygens (including phenoxy) is 2. The largest absolute Gasteiger partial charge is 0.376 e. The minimum atomic E-state index is -0.209. The number of amides is 2. The average molecular weight is 679 g/mol. The number of carbonyl (C=O) groups excluding carboxylic acids is 2. The minimum absolute atomic E-state index is 0.0397. The van der Waals surface area contributed by atoms with Crippen molar-refractivity contribution >= 4 is 57.1 Å². The van der Waals surface area contributed by atoms with Crippen LogP contribution in [0.4, 0.5) is 0 Å². The molecule has 248 valence electrons. The van der Waals surface area contributed by atoms with Crippen LogP contribution < -0.4 is 21.8 Å². The van der Waals surface area contributed by atoms with Gasteiger partial charge < -0.3 is 20.1 Å². The van der Waals surface area contributed by atoms with Crippen LogP contribution in [0, 0.1) is 0 Å². The molecular formula is C33H38N6O6S2. The molecule has 47 heavy (non-hydrogen) atoms. The molecule has 2 atom stereocenters. The molecular weight excluding hydrogens is 641 g/mol. The molecule has 2 unspecified atom stereocenters. The number of fused-ring (bicyclic) bond motifs is 2. The predicted molar refractivity (Wildman–Crippen MR) is 182 cm³/mol. The quantitative estimate of drug-likeness (QED) is 0.151. The van der Waals surface area contributed by atoms with Crippen molar-refractivity contribution in [3.8, 4) is 0 Å². The van der Waals surface area contributed by atoms with Crippen LogP contribution >= 0.6 is 23.5 Å². The van der Waals surface area contributed by atoms with E-state index in [9.17, 15) is 19.2 Å². The van der Waals surface area contributed by atoms with Gasteiger partial charge in [-0.15, -0.1) is 0 Å². The van der Waals surface area contributed by atoms with Crippen molar-refractivity contribution in [2.24, 2.45) is 0 Å². The number of hydrogen-bond donors (Lipinski definition) is 2. The lowest BCUT2D eigenvalue weighted by atomic mass is 10.2. The van der Waals surface area contributed by atoms with Crippen molar-refractivity contribution in [1.82, 2.24) is 29.7 Å². The summed E-state index contributed by atoms with van der Waals surface area (Å²) in [5.74, 6) is -0.118. The number of para-hydroxylation sites is 2. The van der Waals surface area contributed by atoms with E-state index in [1.165, 1.54) is 23.5 Å². The van der Waals surface area contributed by atoms with Gasteiger partial charge >= 0.3 is 0 Å². The van der Waals surface area contributed by atoms with Crippen molar-refractivity contribution in [2.75, 3.05) is 37.8 Å². The van der Waals surface area contributed by atoms with Gasteiger partial charge in [0.2, 0.25) is 11.8 Å². The van der Waals surface area contributed by atoms with E-state index < -0.39 is 0 Å². The average Bonchev–Trinajstić information content (AvgIpc) is 3.82. The lowest BCUT2D eigenvalue weighted by molar-refractivity contribution is -0.119. The van der Waals surface area contributed by atoms with E-state index in [0.29, 0.717) is 51.6 Å². The third-order valence-electron chi connectivity index (χ3n) is 8.18. The molecule has 4 heterocycles. The zero-order valence-electron chi connectivity index (χ0n) is 26.0. The fourth-order valence-electron chi connectivity index (χ4n) is 5.73. The fourth-order valence-corrected chi connectivity index (χ4v) is 7.44. The summed E-state index contributed by atoms with van der Waals surface area (Å²) in [5.41, 5.74) is 0.698. The van der Waals surface area contributed by atoms with Crippen LogP contribution in [0.5, 0.6) is 0 Å². The summed E-state index contributed by atoms with van der Waals surface area (Å²) in [7, 11) is 0. The third kappa shape index (κ3) is 8.42. The van der Waals surface area contributed by atoms with Gasteiger partial charge in [0.15, 0.2) is 10.3 Å². The van der Waals surface area contributed by atoms with Gasteiger partial charge in [-0.1, -0.05) is 47.8 Å². The van der Waals surface area contributed by atoms with Gasteiger partial charge in [0.25, 0.3) is 11.1 Å². The number of nitrogens with one attached hydrogen (secondary N) is 2. The first-order valence-electron chi connectivity index (χ1n) is 16.0. The highest BCUT2D eigenvalue weighted by Gasteiger charge is 2.20. The van der Waals surface area contributed by atoms with Crippen LogP contribution in [0.1, 0.15) is 32.1 Å². The Kier molecular flexibility index (Phi) is 11.2. The fraction of sp³-hybridized carbons (Fsp3) is 0.455. The van der Waals surface area contributed by atoms with E-state index in [0.717, 1.165) is 38.9 Å². The van der Waals surface area contributed by atoms with Crippen molar-refractivity contribution in [1.29, 1.82) is 0 Å². The van der Waals surface area contributed by atoms with Crippen LogP contribution in [0.3, 0.4) is 0 Å². The number of benzene rings is 2. The SMILES string of the molecule is O=C(CSc1nc2ccccc2c(=O)n1CCCn1c(SCC(=O)NCC2CCCO2)nc2ccccc2c1=O)NCC1CCCO1. The monoisotopic (exact) mass is 678 g/mol. The van der Waals surface area contributed by atoms with Crippen LogP contribution in [0.2, 0.25) is 0 Å². The molecule has 4 aromatic rings. The zero-order chi connectivity index (χ0) is 32.6. The Bertz CT molecular complexity index is 1720. The minimum Gasteiger partial charge on any atom is -0.376 e. The van der Waals surface area contributed by atoms with Crippen LogP contribution in [0.25, 0.3) is 21.8 Å². The summed E-state index contributed by atoms with van der Waals surface area (Å²) in [6.07, 6.45) is 4.34. The van der Waals surface area contributed by atoms with Crippen molar-refractivity contribution in [3.63, 3.8) is 0 Å². The molecule has 0 saturated carbocycles. The summed E-state index contributed by atoms with van der Waals surface area (Å²) in [4.78, 5) is 62.0. The topological polar surface area (TPSA) is 146 Å². The van der Waals surface area contributed by atoms with Crippen LogP contribution in [-0.4, -0.2) is 80.9 Å². The maximum absolute atomic E-state index is 13.6. The molecule has 2 aromatic carbocycles. The van der Waals surface area contributed by atoms with Crippen LogP contribution in [0.15, 0.2) is 68.4 Å². The highest BCUT2D eigenvalue weighted by Crippen LogP contribution is 2.21. The zero-order valence-corrected chi connectivity index (χ0v) is 27.7. The number of thioether (sulfide) groups is 2. The highest BCUT2D eigenvalue weighted by molar-refractivity contribution is 8.00. The standard InChI is InChI=1S/C33H38N6O6S2/c40-28(34-18-22-8-5-16-44-22)20-46-32-36-26-12-3-1-10-24(26)30(42)38(32)14-7-15-39-31(43)25-11-2-4-13-27(25)37-33(39)47-21-29(41)35-19-23-9-6-17-45-23/h1-4,10-13,22-23H,5-9,14-21H2,(H,34,40)(H,35,41). The Morgan fingerprint density at radius 2 is 1.17 bits per heavy atom. The van der Waals surface area contributed by atoms with E-state index in [-0.39, 0.29) is 59.7 Å². The summed E-state index contributed by atoms with van der Waals surface area (Å²) < 4.78 is 14.3. The van der Waals surface area contributed by atoms with Gasteiger partial charge in [-0.2, -0.15) is 0 Å². The summed E-state index contributed by atoms with van der Waals surface area (Å²) in [6.45, 7) is 2.89. The Labute approximate surface area is 280 Å². The number of rotatable bonds is 14. The number of hydrogen-bond acceptors (Lipinski definition) is 10. The molecule has 0 radical (unpaired) electrons. The molecule has 2 fully saturated rings. The van der Waals surface area contributed by atoms with Crippen molar-refractivity contribution < 1.29 is 19.1 Å². The first kappa shape index (κ1) is 33.2. The van der Waals surface area contributed by atoms with Crippen LogP contribution in [-0.2, 0) is 32.2 Å². The Morgan fingerprint density at radius 1 is 0.723 bits per heavy atom. The molecule has 14 heteroatoms. The molecule has 2 aromatic heterocycles. The molecule has 12 nitrogen and oxygen atoms in total. The lowest BCUT2D eigenvalue weighted by Gasteiger charge is -2.16. The first-order valence-corrected chi connectivity index (χ1v) is 17.9. The number of aromatic nitrogens is 4. The molecule has 6 rings (SSSR count). The molecule has 2 saturated heterocycles. The van der Waals surface area contributed by atoms with Gasteiger partial charge in [-0.25, -0.2) is 9.97 Å². The van der Waals surface area contributed by atoms with Gasteiger partial charge in [-0.3, -0.25) is 28.3 Å². The predicted octanol–water partition coefficient (Wildman–Crippen LogP) is 2.97. The third-order valence-corrected chi connectivity index (χ3v) is 10.1. The number of nitrogens with zero attached hydrogens (tertiary/aromatic N) is 4. The van der Waals surface area contributed by atoms with E-state index in [1.54, 1.807) is 45.5 Å². The van der Waals surface area contributed by atoms with E-state index in [2.05, 4.69) is 10.6 Å². The number of carbonyl (C=O) groups is 2. The molecule has 2 N–H and O–H groups in total. The maximum Gasteiger partial charge on any atom is 0.262 e. The molecule has 2 amide bonds. The summed E-state index contributed by atoms with van der Waals surface area (Å²) >= 11 is 2.41. The van der Waals surface area contributed by atoms with Gasteiger partial charge in [0.1, 0.15) is 0 Å². The second-order valence-corrected chi connectivity index (χ2v) is 13.4. The van der Waals surface area contributed by atoms with Crippen molar-refractivity contribution in [3.05, 3.63) is 69.2 Å². The highest BCUT2D eigenvalue weighted by atomic mass is 32.2. The molecule has 0 spiro atoms.